The van der Waals surface area contributed by atoms with Gasteiger partial charge in [0.05, 0.1) is 5.52 Å². The van der Waals surface area contributed by atoms with Crippen LogP contribution in [0.25, 0.3) is 10.9 Å². The summed E-state index contributed by atoms with van der Waals surface area (Å²) in [6.07, 6.45) is 5.68. The second-order valence-electron chi connectivity index (χ2n) is 4.44. The molecule has 3 rings (SSSR count). The minimum atomic E-state index is 0.116. The Hall–Kier alpha value is -0.270. The molecule has 3 nitrogen and oxygen atoms in total. The highest BCUT2D eigenvalue weighted by molar-refractivity contribution is 14.1. The molecule has 2 aromatic rings. The SMILES string of the molecule is CSc1ccc2c(c1)c(I)nn2C1CCCCO1. The van der Waals surface area contributed by atoms with E-state index in [0.717, 1.165) is 16.7 Å². The zero-order valence-corrected chi connectivity index (χ0v) is 13.2. The van der Waals surface area contributed by atoms with Crippen LogP contribution in [0.15, 0.2) is 23.1 Å². The van der Waals surface area contributed by atoms with Crippen LogP contribution in [0.5, 0.6) is 0 Å². The molecule has 0 bridgehead atoms. The van der Waals surface area contributed by atoms with Crippen molar-refractivity contribution >= 4 is 45.3 Å². The molecule has 18 heavy (non-hydrogen) atoms. The molecule has 1 aliphatic rings. The minimum absolute atomic E-state index is 0.116. The van der Waals surface area contributed by atoms with Crippen molar-refractivity contribution in [3.05, 3.63) is 21.9 Å². The number of hydrogen-bond donors (Lipinski definition) is 0. The summed E-state index contributed by atoms with van der Waals surface area (Å²) in [7, 11) is 0. The average Bonchev–Trinajstić information content (AvgIpc) is 2.77. The number of hydrogen-bond acceptors (Lipinski definition) is 3. The van der Waals surface area contributed by atoms with Crippen LogP contribution in [0, 0.1) is 3.70 Å². The number of fused-ring (bicyclic) bond motifs is 1. The van der Waals surface area contributed by atoms with E-state index < -0.39 is 0 Å². The van der Waals surface area contributed by atoms with Gasteiger partial charge >= 0.3 is 0 Å². The third kappa shape index (κ3) is 2.28. The summed E-state index contributed by atoms with van der Waals surface area (Å²) in [5.41, 5.74) is 1.18. The standard InChI is InChI=1S/C13H15IN2OS/c1-18-9-5-6-11-10(8-9)13(14)15-16(11)12-4-2-3-7-17-12/h5-6,8,12H,2-4,7H2,1H3. The van der Waals surface area contributed by atoms with Crippen LogP contribution >= 0.6 is 34.4 Å². The van der Waals surface area contributed by atoms with Crippen LogP contribution in [0.4, 0.5) is 0 Å². The molecule has 0 spiro atoms. The summed E-state index contributed by atoms with van der Waals surface area (Å²) < 4.78 is 8.95. The highest BCUT2D eigenvalue weighted by atomic mass is 127. The van der Waals surface area contributed by atoms with Gasteiger partial charge in [-0.05, 0) is 66.3 Å². The van der Waals surface area contributed by atoms with Gasteiger partial charge in [-0.1, -0.05) is 0 Å². The largest absolute Gasteiger partial charge is 0.356 e. The van der Waals surface area contributed by atoms with Gasteiger partial charge in [0, 0.05) is 16.9 Å². The Morgan fingerprint density at radius 3 is 3.06 bits per heavy atom. The van der Waals surface area contributed by atoms with E-state index in [1.54, 1.807) is 11.8 Å². The molecular weight excluding hydrogens is 359 g/mol. The minimum Gasteiger partial charge on any atom is -0.356 e. The van der Waals surface area contributed by atoms with Crippen molar-refractivity contribution < 1.29 is 4.74 Å². The van der Waals surface area contributed by atoms with Crippen molar-refractivity contribution in [3.63, 3.8) is 0 Å². The van der Waals surface area contributed by atoms with Gasteiger partial charge in [-0.2, -0.15) is 5.10 Å². The van der Waals surface area contributed by atoms with Crippen molar-refractivity contribution in [2.75, 3.05) is 12.9 Å². The summed E-state index contributed by atoms with van der Waals surface area (Å²) >= 11 is 4.08. The Morgan fingerprint density at radius 1 is 1.44 bits per heavy atom. The van der Waals surface area contributed by atoms with Crippen LogP contribution in [-0.4, -0.2) is 22.6 Å². The molecule has 0 saturated carbocycles. The summed E-state index contributed by atoms with van der Waals surface area (Å²) in [4.78, 5) is 1.28. The third-order valence-electron chi connectivity index (χ3n) is 3.30. The molecule has 1 aliphatic heterocycles. The van der Waals surface area contributed by atoms with E-state index in [1.807, 2.05) is 0 Å². The number of benzene rings is 1. The van der Waals surface area contributed by atoms with E-state index in [0.29, 0.717) is 0 Å². The zero-order valence-electron chi connectivity index (χ0n) is 10.2. The number of halogens is 1. The van der Waals surface area contributed by atoms with Crippen LogP contribution < -0.4 is 0 Å². The van der Waals surface area contributed by atoms with Gasteiger partial charge in [0.2, 0.25) is 0 Å². The molecule has 1 fully saturated rings. The molecule has 1 unspecified atom stereocenters. The number of nitrogens with zero attached hydrogens (tertiary/aromatic N) is 2. The molecular formula is C13H15IN2OS. The lowest BCUT2D eigenvalue weighted by Gasteiger charge is -2.23. The zero-order chi connectivity index (χ0) is 12.5. The average molecular weight is 374 g/mol. The maximum atomic E-state index is 5.83. The molecule has 1 aromatic heterocycles. The Balaban J connectivity index is 2.07. The van der Waals surface area contributed by atoms with Gasteiger partial charge in [-0.25, -0.2) is 4.68 Å². The van der Waals surface area contributed by atoms with Crippen molar-refractivity contribution in [2.45, 2.75) is 30.4 Å². The Bertz CT molecular complexity index is 563. The van der Waals surface area contributed by atoms with Gasteiger partial charge in [0.1, 0.15) is 3.70 Å². The molecule has 0 N–H and O–H groups in total. The third-order valence-corrected chi connectivity index (χ3v) is 4.82. The Labute approximate surface area is 124 Å². The first-order valence-electron chi connectivity index (χ1n) is 6.13. The molecule has 2 heterocycles. The van der Waals surface area contributed by atoms with Crippen LogP contribution in [0.3, 0.4) is 0 Å². The molecule has 1 aromatic carbocycles. The maximum Gasteiger partial charge on any atom is 0.150 e. The lowest BCUT2D eigenvalue weighted by molar-refractivity contribution is -0.0368. The number of rotatable bonds is 2. The fourth-order valence-corrected chi connectivity index (χ4v) is 3.45. The Kier molecular flexibility index (Phi) is 3.81. The predicted molar refractivity (Wildman–Crippen MR) is 83.1 cm³/mol. The first-order valence-corrected chi connectivity index (χ1v) is 8.43. The molecule has 0 radical (unpaired) electrons. The predicted octanol–water partition coefficient (Wildman–Crippen LogP) is 4.06. The topological polar surface area (TPSA) is 27.1 Å². The maximum absolute atomic E-state index is 5.83. The normalized spacial score (nSPS) is 20.4. The van der Waals surface area contributed by atoms with E-state index in [1.165, 1.54) is 28.6 Å². The second-order valence-corrected chi connectivity index (χ2v) is 6.34. The highest BCUT2D eigenvalue weighted by Gasteiger charge is 2.20. The monoisotopic (exact) mass is 374 g/mol. The summed E-state index contributed by atoms with van der Waals surface area (Å²) in [6, 6.07) is 6.53. The quantitative estimate of drug-likeness (QED) is 0.586. The summed E-state index contributed by atoms with van der Waals surface area (Å²) in [5, 5.41) is 5.89. The van der Waals surface area contributed by atoms with Crippen LogP contribution in [0.2, 0.25) is 0 Å². The van der Waals surface area contributed by atoms with Crippen LogP contribution in [0.1, 0.15) is 25.5 Å². The number of ether oxygens (including phenoxy) is 1. The number of thioether (sulfide) groups is 1. The van der Waals surface area contributed by atoms with Crippen molar-refractivity contribution in [3.8, 4) is 0 Å². The molecule has 1 saturated heterocycles. The summed E-state index contributed by atoms with van der Waals surface area (Å²) in [6.45, 7) is 0.853. The van der Waals surface area contributed by atoms with Gasteiger partial charge < -0.3 is 4.74 Å². The van der Waals surface area contributed by atoms with Gasteiger partial charge in [-0.15, -0.1) is 11.8 Å². The van der Waals surface area contributed by atoms with Gasteiger partial charge in [0.25, 0.3) is 0 Å². The molecule has 1 atom stereocenters. The van der Waals surface area contributed by atoms with E-state index in [-0.39, 0.29) is 6.23 Å². The highest BCUT2D eigenvalue weighted by Crippen LogP contribution is 2.30. The number of aromatic nitrogens is 2. The lowest BCUT2D eigenvalue weighted by atomic mass is 10.2. The molecule has 0 amide bonds. The van der Waals surface area contributed by atoms with Gasteiger partial charge in [-0.3, -0.25) is 0 Å². The first-order chi connectivity index (χ1) is 8.79. The van der Waals surface area contributed by atoms with Crippen molar-refractivity contribution in [1.29, 1.82) is 0 Å². The van der Waals surface area contributed by atoms with E-state index in [2.05, 4.69) is 56.8 Å². The molecule has 0 aliphatic carbocycles. The van der Waals surface area contributed by atoms with Crippen LogP contribution in [-0.2, 0) is 4.74 Å². The van der Waals surface area contributed by atoms with Gasteiger partial charge in [0.15, 0.2) is 6.23 Å². The van der Waals surface area contributed by atoms with Crippen molar-refractivity contribution in [1.82, 2.24) is 9.78 Å². The summed E-state index contributed by atoms with van der Waals surface area (Å²) in [5.74, 6) is 0. The van der Waals surface area contributed by atoms with E-state index >= 15 is 0 Å². The second kappa shape index (κ2) is 5.38. The Morgan fingerprint density at radius 2 is 2.33 bits per heavy atom. The molecule has 96 valence electrons. The fourth-order valence-electron chi connectivity index (χ4n) is 2.35. The smallest absolute Gasteiger partial charge is 0.150 e. The molecule has 5 heteroatoms. The van der Waals surface area contributed by atoms with E-state index in [9.17, 15) is 0 Å². The first kappa shape index (κ1) is 12.7. The van der Waals surface area contributed by atoms with E-state index in [4.69, 9.17) is 4.74 Å². The van der Waals surface area contributed by atoms with Crippen molar-refractivity contribution in [2.24, 2.45) is 0 Å². The fraction of sp³-hybridized carbons (Fsp3) is 0.462. The lowest BCUT2D eigenvalue weighted by Crippen LogP contribution is -2.19.